The molecule has 0 amide bonds. The molecule has 0 aliphatic carbocycles. The van der Waals surface area contributed by atoms with Crippen molar-refractivity contribution in [2.24, 2.45) is 0 Å². The van der Waals surface area contributed by atoms with Gasteiger partial charge in [0.25, 0.3) is 0 Å². The van der Waals surface area contributed by atoms with Crippen LogP contribution in [0.1, 0.15) is 26.2 Å². The van der Waals surface area contributed by atoms with Crippen molar-refractivity contribution in [1.29, 1.82) is 0 Å². The Bertz CT molecular complexity index is 241. The monoisotopic (exact) mass is 213 g/mol. The van der Waals surface area contributed by atoms with Gasteiger partial charge in [-0.05, 0) is 13.3 Å². The van der Waals surface area contributed by atoms with E-state index in [4.69, 9.17) is 4.74 Å². The zero-order valence-corrected chi connectivity index (χ0v) is 9.17. The highest BCUT2D eigenvalue weighted by Crippen LogP contribution is 2.30. The maximum atomic E-state index is 11.4. The summed E-state index contributed by atoms with van der Waals surface area (Å²) in [6.45, 7) is 2.20. The summed E-state index contributed by atoms with van der Waals surface area (Å²) in [5, 5.41) is 0. The summed E-state index contributed by atoms with van der Waals surface area (Å²) in [6.07, 6.45) is 1.35. The Kier molecular flexibility index (Phi) is 3.83. The standard InChI is InChI=1S/C9H13O4Si/c1-2-12-9(4-3-5-14)6-7(10)13-8(9)11/h2-6H2,1H3. The number of hydrogen-bond donors (Lipinski definition) is 0. The van der Waals surface area contributed by atoms with Crippen LogP contribution in [-0.2, 0) is 19.1 Å². The Labute approximate surface area is 86.4 Å². The average molecular weight is 213 g/mol. The number of cyclic esters (lactones) is 2. The second-order valence-corrected chi connectivity index (χ2v) is 3.72. The molecule has 0 saturated carbocycles. The van der Waals surface area contributed by atoms with Crippen LogP contribution in [0.4, 0.5) is 0 Å². The van der Waals surface area contributed by atoms with Crippen molar-refractivity contribution >= 4 is 22.2 Å². The maximum Gasteiger partial charge on any atom is 0.346 e. The van der Waals surface area contributed by atoms with Crippen molar-refractivity contribution in [3.63, 3.8) is 0 Å². The van der Waals surface area contributed by atoms with Gasteiger partial charge in [0.15, 0.2) is 5.60 Å². The summed E-state index contributed by atoms with van der Waals surface area (Å²) in [5.41, 5.74) is -1.02. The van der Waals surface area contributed by atoms with E-state index in [9.17, 15) is 9.59 Å². The summed E-state index contributed by atoms with van der Waals surface area (Å²) in [6, 6.07) is 0.774. The van der Waals surface area contributed by atoms with Crippen LogP contribution in [0.25, 0.3) is 0 Å². The van der Waals surface area contributed by atoms with Gasteiger partial charge >= 0.3 is 11.9 Å². The van der Waals surface area contributed by atoms with E-state index in [0.717, 1.165) is 12.5 Å². The number of carbonyl (C=O) groups is 2. The molecular weight excluding hydrogens is 200 g/mol. The molecule has 77 valence electrons. The third-order valence-electron chi connectivity index (χ3n) is 2.19. The Morgan fingerprint density at radius 1 is 1.57 bits per heavy atom. The normalized spacial score (nSPS) is 26.7. The lowest BCUT2D eigenvalue weighted by atomic mass is 9.96. The minimum Gasteiger partial charge on any atom is -0.391 e. The van der Waals surface area contributed by atoms with Crippen LogP contribution in [0.3, 0.4) is 0 Å². The molecule has 1 unspecified atom stereocenters. The smallest absolute Gasteiger partial charge is 0.346 e. The minimum atomic E-state index is -1.02. The van der Waals surface area contributed by atoms with Gasteiger partial charge in [0.1, 0.15) is 0 Å². The largest absolute Gasteiger partial charge is 0.391 e. The van der Waals surface area contributed by atoms with Gasteiger partial charge in [0, 0.05) is 16.8 Å². The van der Waals surface area contributed by atoms with Gasteiger partial charge in [-0.25, -0.2) is 4.79 Å². The summed E-state index contributed by atoms with van der Waals surface area (Å²) < 4.78 is 9.87. The van der Waals surface area contributed by atoms with Crippen LogP contribution in [0.2, 0.25) is 6.04 Å². The van der Waals surface area contributed by atoms with E-state index >= 15 is 0 Å². The predicted octanol–water partition coefficient (Wildman–Crippen LogP) is 0.602. The van der Waals surface area contributed by atoms with E-state index < -0.39 is 17.5 Å². The molecule has 1 atom stereocenters. The van der Waals surface area contributed by atoms with E-state index in [1.54, 1.807) is 6.92 Å². The molecule has 0 N–H and O–H groups in total. The Morgan fingerprint density at radius 3 is 2.71 bits per heavy atom. The quantitative estimate of drug-likeness (QED) is 0.381. The maximum absolute atomic E-state index is 11.4. The van der Waals surface area contributed by atoms with Gasteiger partial charge in [-0.3, -0.25) is 4.79 Å². The number of rotatable bonds is 5. The van der Waals surface area contributed by atoms with E-state index in [-0.39, 0.29) is 6.42 Å². The van der Waals surface area contributed by atoms with Crippen molar-refractivity contribution in [3.8, 4) is 0 Å². The lowest BCUT2D eigenvalue weighted by Gasteiger charge is -2.23. The van der Waals surface area contributed by atoms with Gasteiger partial charge in [0.05, 0.1) is 6.42 Å². The summed E-state index contributed by atoms with van der Waals surface area (Å²) in [4.78, 5) is 22.4. The van der Waals surface area contributed by atoms with Gasteiger partial charge in [0.2, 0.25) is 0 Å². The number of esters is 2. The molecule has 3 radical (unpaired) electrons. The van der Waals surface area contributed by atoms with Crippen molar-refractivity contribution in [3.05, 3.63) is 0 Å². The molecular formula is C9H13O4Si. The Hall–Kier alpha value is -0.683. The molecule has 4 nitrogen and oxygen atoms in total. The molecule has 14 heavy (non-hydrogen) atoms. The molecule has 0 aromatic rings. The molecule has 0 aromatic carbocycles. The summed E-state index contributed by atoms with van der Waals surface area (Å²) >= 11 is 0. The first-order chi connectivity index (χ1) is 6.64. The second kappa shape index (κ2) is 4.70. The fourth-order valence-corrected chi connectivity index (χ4v) is 1.74. The first-order valence-corrected chi connectivity index (χ1v) is 5.39. The SMILES string of the molecule is CCOC1(CCC[Si])CC(=O)OC1=O. The first kappa shape index (κ1) is 11.4. The van der Waals surface area contributed by atoms with Crippen LogP contribution >= 0.6 is 0 Å². The number of ether oxygens (including phenoxy) is 2. The third-order valence-corrected chi connectivity index (χ3v) is 2.54. The van der Waals surface area contributed by atoms with Gasteiger partial charge in [-0.2, -0.15) is 0 Å². The van der Waals surface area contributed by atoms with Crippen LogP contribution in [0.5, 0.6) is 0 Å². The zero-order chi connectivity index (χ0) is 10.6. The number of carbonyl (C=O) groups excluding carboxylic acids is 2. The summed E-state index contributed by atoms with van der Waals surface area (Å²) in [7, 11) is 3.32. The fourth-order valence-electron chi connectivity index (χ4n) is 1.56. The van der Waals surface area contributed by atoms with Crippen LogP contribution < -0.4 is 0 Å². The predicted molar refractivity (Wildman–Crippen MR) is 49.9 cm³/mol. The van der Waals surface area contributed by atoms with Crippen LogP contribution in [-0.4, -0.2) is 34.4 Å². The van der Waals surface area contributed by atoms with Crippen LogP contribution in [0, 0.1) is 0 Å². The van der Waals surface area contributed by atoms with Crippen molar-refractivity contribution in [1.82, 2.24) is 0 Å². The highest BCUT2D eigenvalue weighted by atomic mass is 28.1. The molecule has 1 rings (SSSR count). The molecule has 0 bridgehead atoms. The lowest BCUT2D eigenvalue weighted by Crippen LogP contribution is -2.37. The van der Waals surface area contributed by atoms with Gasteiger partial charge in [-0.1, -0.05) is 12.5 Å². The first-order valence-electron chi connectivity index (χ1n) is 4.68. The lowest BCUT2D eigenvalue weighted by molar-refractivity contribution is -0.162. The van der Waals surface area contributed by atoms with E-state index in [0.29, 0.717) is 13.0 Å². The molecule has 1 heterocycles. The molecule has 1 saturated heterocycles. The van der Waals surface area contributed by atoms with Crippen molar-refractivity contribution < 1.29 is 19.1 Å². The fraction of sp³-hybridized carbons (Fsp3) is 0.778. The van der Waals surface area contributed by atoms with E-state index in [1.165, 1.54) is 0 Å². The molecule has 0 spiro atoms. The van der Waals surface area contributed by atoms with Gasteiger partial charge in [-0.15, -0.1) is 0 Å². The Balaban J connectivity index is 2.70. The zero-order valence-electron chi connectivity index (χ0n) is 8.17. The van der Waals surface area contributed by atoms with Crippen LogP contribution in [0.15, 0.2) is 0 Å². The topological polar surface area (TPSA) is 52.6 Å². The molecule has 1 aliphatic rings. The average Bonchev–Trinajstić information content (AvgIpc) is 2.40. The minimum absolute atomic E-state index is 0.0475. The molecule has 1 fully saturated rings. The highest BCUT2D eigenvalue weighted by molar-refractivity contribution is 6.08. The van der Waals surface area contributed by atoms with Crippen molar-refractivity contribution in [2.75, 3.05) is 6.61 Å². The van der Waals surface area contributed by atoms with Crippen molar-refractivity contribution in [2.45, 2.75) is 37.8 Å². The second-order valence-electron chi connectivity index (χ2n) is 3.22. The molecule has 5 heteroatoms. The van der Waals surface area contributed by atoms with E-state index in [2.05, 4.69) is 15.0 Å². The van der Waals surface area contributed by atoms with Gasteiger partial charge < -0.3 is 9.47 Å². The van der Waals surface area contributed by atoms with E-state index in [1.807, 2.05) is 0 Å². The Morgan fingerprint density at radius 2 is 2.29 bits per heavy atom. The molecule has 0 aromatic heterocycles. The third kappa shape index (κ3) is 2.22. The summed E-state index contributed by atoms with van der Waals surface area (Å²) in [5.74, 6) is -1.03. The molecule has 1 aliphatic heterocycles. The highest BCUT2D eigenvalue weighted by Gasteiger charge is 2.49. The number of hydrogen-bond acceptors (Lipinski definition) is 4.